The van der Waals surface area contributed by atoms with Crippen molar-refractivity contribution in [2.45, 2.75) is 54.5 Å². The molecule has 0 saturated carbocycles. The summed E-state index contributed by atoms with van der Waals surface area (Å²) in [6.45, 7) is 13.0. The Morgan fingerprint density at radius 3 is 2.00 bits per heavy atom. The van der Waals surface area contributed by atoms with E-state index in [2.05, 4.69) is 19.9 Å². The molecule has 14 heavy (non-hydrogen) atoms. The molecule has 0 unspecified atom stereocenters. The molecule has 1 rings (SSSR count). The van der Waals surface area contributed by atoms with Gasteiger partial charge >= 0.3 is 0 Å². The number of nitrogens with two attached hydrogens (primary N) is 1. The average Bonchev–Trinajstić information content (AvgIpc) is 2.64. The molecule has 1 nitrogen and oxygen atoms in total. The summed E-state index contributed by atoms with van der Waals surface area (Å²) < 4.78 is 0. The molecule has 0 fully saturated rings. The van der Waals surface area contributed by atoms with Crippen LogP contribution in [0, 0.1) is 6.92 Å². The van der Waals surface area contributed by atoms with Crippen LogP contribution in [0.15, 0.2) is 6.07 Å². The largest absolute Gasteiger partial charge is 0.326 e. The van der Waals surface area contributed by atoms with Crippen LogP contribution >= 0.6 is 11.3 Å². The standard InChI is InChI=1S/C8H13NS.2C2H6/c1-3-7-4-6(2)10-8(7)5-9;2*1-2/h4H,3,5,9H2,1-2H3;2*1-2H3. The van der Waals surface area contributed by atoms with Gasteiger partial charge in [0.25, 0.3) is 0 Å². The van der Waals surface area contributed by atoms with Crippen molar-refractivity contribution in [2.24, 2.45) is 5.73 Å². The lowest BCUT2D eigenvalue weighted by molar-refractivity contribution is 1.04. The Hall–Kier alpha value is -0.340. The van der Waals surface area contributed by atoms with Gasteiger partial charge in [-0.2, -0.15) is 0 Å². The van der Waals surface area contributed by atoms with Gasteiger partial charge in [-0.1, -0.05) is 34.6 Å². The predicted molar refractivity (Wildman–Crippen MR) is 69.0 cm³/mol. The van der Waals surface area contributed by atoms with Gasteiger partial charge in [0, 0.05) is 16.3 Å². The Bertz CT molecular complexity index is 195. The average molecular weight is 215 g/mol. The van der Waals surface area contributed by atoms with E-state index >= 15 is 0 Å². The molecule has 2 N–H and O–H groups in total. The first kappa shape index (κ1) is 16.1. The molecule has 0 bridgehead atoms. The lowest BCUT2D eigenvalue weighted by Gasteiger charge is -1.93. The fourth-order valence-electron chi connectivity index (χ4n) is 1.09. The first-order valence-corrected chi connectivity index (χ1v) is 6.37. The van der Waals surface area contributed by atoms with E-state index in [0.717, 1.165) is 6.42 Å². The van der Waals surface area contributed by atoms with Crippen molar-refractivity contribution in [3.8, 4) is 0 Å². The van der Waals surface area contributed by atoms with Crippen LogP contribution in [0.1, 0.15) is 49.9 Å². The maximum Gasteiger partial charge on any atom is 0.0276 e. The van der Waals surface area contributed by atoms with Crippen molar-refractivity contribution in [3.63, 3.8) is 0 Å². The highest BCUT2D eigenvalue weighted by atomic mass is 32.1. The Labute approximate surface area is 93.3 Å². The van der Waals surface area contributed by atoms with E-state index in [4.69, 9.17) is 5.73 Å². The van der Waals surface area contributed by atoms with Crippen LogP contribution in [0.4, 0.5) is 0 Å². The topological polar surface area (TPSA) is 26.0 Å². The second kappa shape index (κ2) is 10.7. The molecule has 1 aromatic rings. The molecule has 0 aliphatic heterocycles. The molecule has 84 valence electrons. The lowest BCUT2D eigenvalue weighted by Crippen LogP contribution is -1.95. The summed E-state index contributed by atoms with van der Waals surface area (Å²) in [4.78, 5) is 2.72. The molecular formula is C12H25NS. The summed E-state index contributed by atoms with van der Waals surface area (Å²) in [5.74, 6) is 0. The molecule has 1 heterocycles. The zero-order valence-corrected chi connectivity index (χ0v) is 11.3. The van der Waals surface area contributed by atoms with Crippen LogP contribution in [-0.4, -0.2) is 0 Å². The summed E-state index contributed by atoms with van der Waals surface area (Å²) in [5.41, 5.74) is 6.97. The van der Waals surface area contributed by atoms with Crippen molar-refractivity contribution in [3.05, 3.63) is 21.4 Å². The van der Waals surface area contributed by atoms with Crippen molar-refractivity contribution < 1.29 is 0 Å². The van der Waals surface area contributed by atoms with Crippen molar-refractivity contribution >= 4 is 11.3 Å². The molecule has 0 spiro atoms. The van der Waals surface area contributed by atoms with Crippen molar-refractivity contribution in [2.75, 3.05) is 0 Å². The quantitative estimate of drug-likeness (QED) is 0.788. The minimum atomic E-state index is 0.696. The lowest BCUT2D eigenvalue weighted by atomic mass is 10.2. The fraction of sp³-hybridized carbons (Fsp3) is 0.667. The van der Waals surface area contributed by atoms with Crippen LogP contribution in [0.2, 0.25) is 0 Å². The van der Waals surface area contributed by atoms with E-state index in [-0.39, 0.29) is 0 Å². The molecule has 0 atom stereocenters. The summed E-state index contributed by atoms with van der Waals surface area (Å²) in [7, 11) is 0. The Kier molecular flexibility index (Phi) is 12.4. The van der Waals surface area contributed by atoms with E-state index in [1.165, 1.54) is 15.3 Å². The number of hydrogen-bond donors (Lipinski definition) is 1. The van der Waals surface area contributed by atoms with E-state index in [0.29, 0.717) is 6.54 Å². The third-order valence-electron chi connectivity index (χ3n) is 1.59. The Morgan fingerprint density at radius 1 is 1.21 bits per heavy atom. The molecule has 0 amide bonds. The molecule has 0 aliphatic rings. The Balaban J connectivity index is 0. The van der Waals surface area contributed by atoms with Crippen LogP contribution < -0.4 is 5.73 Å². The second-order valence-corrected chi connectivity index (χ2v) is 3.70. The van der Waals surface area contributed by atoms with E-state index in [1.54, 1.807) is 0 Å². The third-order valence-corrected chi connectivity index (χ3v) is 2.70. The maximum atomic E-state index is 5.55. The van der Waals surface area contributed by atoms with Gasteiger partial charge in [-0.25, -0.2) is 0 Å². The normalized spacial score (nSPS) is 8.21. The molecular weight excluding hydrogens is 190 g/mol. The van der Waals surface area contributed by atoms with E-state index < -0.39 is 0 Å². The molecule has 0 saturated heterocycles. The summed E-state index contributed by atoms with van der Waals surface area (Å²) >= 11 is 1.81. The van der Waals surface area contributed by atoms with Gasteiger partial charge in [0.2, 0.25) is 0 Å². The summed E-state index contributed by atoms with van der Waals surface area (Å²) in [5, 5.41) is 0. The van der Waals surface area contributed by atoms with Gasteiger partial charge in [-0.05, 0) is 25.0 Å². The zero-order valence-electron chi connectivity index (χ0n) is 10.5. The number of aryl methyl sites for hydroxylation is 2. The van der Waals surface area contributed by atoms with Gasteiger partial charge in [0.15, 0.2) is 0 Å². The van der Waals surface area contributed by atoms with Crippen molar-refractivity contribution in [1.82, 2.24) is 0 Å². The third kappa shape index (κ3) is 5.40. The van der Waals surface area contributed by atoms with Crippen LogP contribution in [0.3, 0.4) is 0 Å². The molecule has 0 radical (unpaired) electrons. The molecule has 0 aliphatic carbocycles. The first-order valence-electron chi connectivity index (χ1n) is 5.56. The van der Waals surface area contributed by atoms with Gasteiger partial charge in [-0.15, -0.1) is 11.3 Å². The number of hydrogen-bond acceptors (Lipinski definition) is 2. The van der Waals surface area contributed by atoms with E-state index in [9.17, 15) is 0 Å². The minimum absolute atomic E-state index is 0.696. The monoisotopic (exact) mass is 215 g/mol. The SMILES string of the molecule is CC.CC.CCc1cc(C)sc1CN. The highest BCUT2D eigenvalue weighted by molar-refractivity contribution is 7.12. The van der Waals surface area contributed by atoms with E-state index in [1.807, 2.05) is 39.0 Å². The van der Waals surface area contributed by atoms with Crippen molar-refractivity contribution in [1.29, 1.82) is 0 Å². The second-order valence-electron chi connectivity index (χ2n) is 2.36. The molecule has 0 aromatic carbocycles. The van der Waals surface area contributed by atoms with Crippen LogP contribution in [0.5, 0.6) is 0 Å². The number of rotatable bonds is 2. The molecule has 2 heteroatoms. The number of thiophene rings is 1. The smallest absolute Gasteiger partial charge is 0.0276 e. The van der Waals surface area contributed by atoms with Crippen LogP contribution in [-0.2, 0) is 13.0 Å². The fourth-order valence-corrected chi connectivity index (χ4v) is 2.09. The first-order chi connectivity index (χ1) is 6.77. The zero-order chi connectivity index (χ0) is 11.6. The van der Waals surface area contributed by atoms with Crippen LogP contribution in [0.25, 0.3) is 0 Å². The minimum Gasteiger partial charge on any atom is -0.326 e. The Morgan fingerprint density at radius 2 is 1.71 bits per heavy atom. The van der Waals surface area contributed by atoms with Gasteiger partial charge in [-0.3, -0.25) is 0 Å². The van der Waals surface area contributed by atoms with Gasteiger partial charge < -0.3 is 5.73 Å². The summed E-state index contributed by atoms with van der Waals surface area (Å²) in [6, 6.07) is 2.23. The summed E-state index contributed by atoms with van der Waals surface area (Å²) in [6.07, 6.45) is 1.11. The van der Waals surface area contributed by atoms with Gasteiger partial charge in [0.05, 0.1) is 0 Å². The van der Waals surface area contributed by atoms with Gasteiger partial charge in [0.1, 0.15) is 0 Å². The highest BCUT2D eigenvalue weighted by Gasteiger charge is 2.01. The maximum absolute atomic E-state index is 5.55. The highest BCUT2D eigenvalue weighted by Crippen LogP contribution is 2.21. The predicted octanol–water partition coefficient (Wildman–Crippen LogP) is 4.13. The molecule has 1 aromatic heterocycles.